The average Bonchev–Trinajstić information content (AvgIpc) is 2.61. The summed E-state index contributed by atoms with van der Waals surface area (Å²) < 4.78 is 22.5. The molecule has 0 radical (unpaired) electrons. The molecule has 25 heavy (non-hydrogen) atoms. The minimum absolute atomic E-state index is 0.00721. The molecule has 3 atom stereocenters. The highest BCUT2D eigenvalue weighted by atomic mass is 16.5. The SMILES string of the molecule is OCCCOC1CC(OCCCO)CC(OCC(O)COCCO)C1. The summed E-state index contributed by atoms with van der Waals surface area (Å²) in [5.41, 5.74) is 0. The Hall–Kier alpha value is -0.320. The van der Waals surface area contributed by atoms with Crippen LogP contribution in [0, 0.1) is 0 Å². The van der Waals surface area contributed by atoms with Gasteiger partial charge in [0.1, 0.15) is 6.10 Å². The molecular weight excluding hydrogens is 332 g/mol. The number of rotatable bonds is 15. The van der Waals surface area contributed by atoms with E-state index in [1.165, 1.54) is 0 Å². The number of ether oxygens (including phenoxy) is 4. The van der Waals surface area contributed by atoms with Crippen LogP contribution in [-0.2, 0) is 18.9 Å². The summed E-state index contributed by atoms with van der Waals surface area (Å²) in [6, 6.07) is 0. The van der Waals surface area contributed by atoms with E-state index in [0.29, 0.717) is 26.1 Å². The van der Waals surface area contributed by atoms with E-state index < -0.39 is 6.10 Å². The van der Waals surface area contributed by atoms with E-state index in [-0.39, 0.29) is 58.0 Å². The molecule has 0 spiro atoms. The van der Waals surface area contributed by atoms with Crippen molar-refractivity contribution in [3.8, 4) is 0 Å². The molecule has 0 aromatic carbocycles. The van der Waals surface area contributed by atoms with Crippen LogP contribution in [0.25, 0.3) is 0 Å². The lowest BCUT2D eigenvalue weighted by atomic mass is 9.92. The Kier molecular flexibility index (Phi) is 13.5. The van der Waals surface area contributed by atoms with Crippen molar-refractivity contribution in [2.24, 2.45) is 0 Å². The van der Waals surface area contributed by atoms with Gasteiger partial charge < -0.3 is 39.4 Å². The third-order valence-corrected chi connectivity index (χ3v) is 3.96. The van der Waals surface area contributed by atoms with Crippen molar-refractivity contribution >= 4 is 0 Å². The average molecular weight is 366 g/mol. The summed E-state index contributed by atoms with van der Waals surface area (Å²) in [5.74, 6) is 0. The summed E-state index contributed by atoms with van der Waals surface area (Å²) >= 11 is 0. The molecule has 8 nitrogen and oxygen atoms in total. The molecule has 0 aromatic heterocycles. The topological polar surface area (TPSA) is 118 Å². The van der Waals surface area contributed by atoms with Crippen molar-refractivity contribution in [1.29, 1.82) is 0 Å². The van der Waals surface area contributed by atoms with Gasteiger partial charge in [0.05, 0.1) is 44.7 Å². The van der Waals surface area contributed by atoms with Gasteiger partial charge in [0.2, 0.25) is 0 Å². The van der Waals surface area contributed by atoms with Gasteiger partial charge in [-0.1, -0.05) is 0 Å². The third kappa shape index (κ3) is 11.1. The summed E-state index contributed by atoms with van der Waals surface area (Å²) in [6.45, 7) is 1.59. The molecule has 150 valence electrons. The van der Waals surface area contributed by atoms with Gasteiger partial charge in [-0.25, -0.2) is 0 Å². The molecule has 0 aromatic rings. The fourth-order valence-electron chi connectivity index (χ4n) is 2.78. The third-order valence-electron chi connectivity index (χ3n) is 3.96. The Morgan fingerprint density at radius 3 is 1.68 bits per heavy atom. The minimum Gasteiger partial charge on any atom is -0.396 e. The van der Waals surface area contributed by atoms with E-state index in [1.807, 2.05) is 0 Å². The Bertz CT molecular complexity index is 286. The molecule has 3 unspecified atom stereocenters. The number of hydrogen-bond donors (Lipinski definition) is 4. The first kappa shape index (κ1) is 22.7. The maximum atomic E-state index is 9.84. The van der Waals surface area contributed by atoms with Crippen LogP contribution < -0.4 is 0 Å². The quantitative estimate of drug-likeness (QED) is 0.286. The van der Waals surface area contributed by atoms with Crippen molar-refractivity contribution < 1.29 is 39.4 Å². The van der Waals surface area contributed by atoms with E-state index in [0.717, 1.165) is 19.3 Å². The molecule has 1 aliphatic carbocycles. The first-order chi connectivity index (χ1) is 12.2. The molecule has 1 saturated carbocycles. The van der Waals surface area contributed by atoms with Crippen LogP contribution in [0.15, 0.2) is 0 Å². The second-order valence-corrected chi connectivity index (χ2v) is 6.25. The van der Waals surface area contributed by atoms with E-state index in [4.69, 9.17) is 34.3 Å². The predicted octanol–water partition coefficient (Wildman–Crippen LogP) is -0.539. The molecule has 1 fully saturated rings. The molecule has 0 saturated heterocycles. The van der Waals surface area contributed by atoms with Gasteiger partial charge in [-0.15, -0.1) is 0 Å². The Balaban J connectivity index is 2.37. The van der Waals surface area contributed by atoms with Crippen molar-refractivity contribution in [2.45, 2.75) is 56.5 Å². The summed E-state index contributed by atoms with van der Waals surface area (Å²) in [6.07, 6.45) is 2.55. The maximum absolute atomic E-state index is 9.84. The first-order valence-corrected chi connectivity index (χ1v) is 9.12. The smallest absolute Gasteiger partial charge is 0.101 e. The largest absolute Gasteiger partial charge is 0.396 e. The molecule has 4 N–H and O–H groups in total. The molecular formula is C17H34O8. The van der Waals surface area contributed by atoms with Crippen LogP contribution in [-0.4, -0.2) is 97.7 Å². The van der Waals surface area contributed by atoms with E-state index in [2.05, 4.69) is 0 Å². The van der Waals surface area contributed by atoms with Crippen LogP contribution in [0.3, 0.4) is 0 Å². The zero-order valence-corrected chi connectivity index (χ0v) is 14.9. The summed E-state index contributed by atoms with van der Waals surface area (Å²) in [5, 5.41) is 36.2. The molecule has 0 bridgehead atoms. The fourth-order valence-corrected chi connectivity index (χ4v) is 2.78. The normalized spacial score (nSPS) is 25.2. The van der Waals surface area contributed by atoms with Crippen molar-refractivity contribution in [1.82, 2.24) is 0 Å². The van der Waals surface area contributed by atoms with E-state index >= 15 is 0 Å². The minimum atomic E-state index is -0.740. The summed E-state index contributed by atoms with van der Waals surface area (Å²) in [7, 11) is 0. The second-order valence-electron chi connectivity index (χ2n) is 6.25. The lowest BCUT2D eigenvalue weighted by Gasteiger charge is -2.35. The molecule has 0 heterocycles. The van der Waals surface area contributed by atoms with Gasteiger partial charge in [0, 0.05) is 26.4 Å². The molecule has 1 aliphatic rings. The monoisotopic (exact) mass is 366 g/mol. The molecule has 0 aliphatic heterocycles. The zero-order valence-electron chi connectivity index (χ0n) is 14.9. The van der Waals surface area contributed by atoms with Gasteiger partial charge in [-0.05, 0) is 32.1 Å². The van der Waals surface area contributed by atoms with Crippen molar-refractivity contribution in [3.05, 3.63) is 0 Å². The van der Waals surface area contributed by atoms with Gasteiger partial charge in [0.15, 0.2) is 0 Å². The van der Waals surface area contributed by atoms with Crippen LogP contribution in [0.2, 0.25) is 0 Å². The zero-order chi connectivity index (χ0) is 18.3. The van der Waals surface area contributed by atoms with Crippen LogP contribution in [0.4, 0.5) is 0 Å². The molecule has 1 rings (SSSR count). The van der Waals surface area contributed by atoms with E-state index in [1.54, 1.807) is 0 Å². The van der Waals surface area contributed by atoms with Crippen molar-refractivity contribution in [3.63, 3.8) is 0 Å². The number of aliphatic hydroxyl groups is 4. The summed E-state index contributed by atoms with van der Waals surface area (Å²) in [4.78, 5) is 0. The Morgan fingerprint density at radius 1 is 0.680 bits per heavy atom. The lowest BCUT2D eigenvalue weighted by Crippen LogP contribution is -2.39. The second kappa shape index (κ2) is 14.8. The standard InChI is InChI=1S/C17H34O8/c18-3-1-6-23-15-9-16(24-7-2-4-19)11-17(10-15)25-13-14(21)12-22-8-5-20/h14-21H,1-13H2. The van der Waals surface area contributed by atoms with E-state index in [9.17, 15) is 5.11 Å². The highest BCUT2D eigenvalue weighted by Gasteiger charge is 2.31. The van der Waals surface area contributed by atoms with Gasteiger partial charge >= 0.3 is 0 Å². The molecule has 0 amide bonds. The Labute approximate surface area is 149 Å². The number of aliphatic hydroxyl groups excluding tert-OH is 4. The Morgan fingerprint density at radius 2 is 1.20 bits per heavy atom. The van der Waals surface area contributed by atoms with Crippen LogP contribution in [0.1, 0.15) is 32.1 Å². The highest BCUT2D eigenvalue weighted by Crippen LogP contribution is 2.26. The van der Waals surface area contributed by atoms with Gasteiger partial charge in [-0.2, -0.15) is 0 Å². The lowest BCUT2D eigenvalue weighted by molar-refractivity contribution is -0.118. The maximum Gasteiger partial charge on any atom is 0.101 e. The van der Waals surface area contributed by atoms with Gasteiger partial charge in [-0.3, -0.25) is 0 Å². The fraction of sp³-hybridized carbons (Fsp3) is 1.00. The van der Waals surface area contributed by atoms with Crippen LogP contribution in [0.5, 0.6) is 0 Å². The predicted molar refractivity (Wildman–Crippen MR) is 90.4 cm³/mol. The first-order valence-electron chi connectivity index (χ1n) is 9.12. The van der Waals surface area contributed by atoms with Crippen molar-refractivity contribution in [2.75, 3.05) is 52.9 Å². The molecule has 8 heteroatoms. The van der Waals surface area contributed by atoms with Gasteiger partial charge in [0.25, 0.3) is 0 Å². The van der Waals surface area contributed by atoms with Crippen LogP contribution >= 0.6 is 0 Å². The highest BCUT2D eigenvalue weighted by molar-refractivity contribution is 4.81. The number of hydrogen-bond acceptors (Lipinski definition) is 8.